The molecule has 0 heterocycles. The summed E-state index contributed by atoms with van der Waals surface area (Å²) < 4.78 is 13.7. The summed E-state index contributed by atoms with van der Waals surface area (Å²) >= 11 is 5.95. The maximum absolute atomic E-state index is 13.7. The Labute approximate surface area is 116 Å². The van der Waals surface area contributed by atoms with Gasteiger partial charge in [0.15, 0.2) is 0 Å². The van der Waals surface area contributed by atoms with Gasteiger partial charge in [0.25, 0.3) is 0 Å². The average molecular weight is 275 g/mol. The van der Waals surface area contributed by atoms with Crippen molar-refractivity contribution in [2.45, 2.75) is 12.6 Å². The fourth-order valence-corrected chi connectivity index (χ4v) is 2.09. The predicted molar refractivity (Wildman–Crippen MR) is 73.0 cm³/mol. The molecule has 0 fully saturated rings. The summed E-state index contributed by atoms with van der Waals surface area (Å²) in [6.07, 6.45) is 0. The van der Waals surface area contributed by atoms with Gasteiger partial charge >= 0.3 is 0 Å². The van der Waals surface area contributed by atoms with Crippen molar-refractivity contribution in [2.24, 2.45) is 0 Å². The van der Waals surface area contributed by atoms with Gasteiger partial charge in [-0.1, -0.05) is 48.0 Å². The van der Waals surface area contributed by atoms with Crippen molar-refractivity contribution in [3.05, 3.63) is 70.5 Å². The topological polar surface area (TPSA) is 35.8 Å². The highest BCUT2D eigenvalue weighted by Crippen LogP contribution is 2.25. The van der Waals surface area contributed by atoms with Crippen LogP contribution in [0.15, 0.2) is 48.5 Å². The van der Waals surface area contributed by atoms with Crippen molar-refractivity contribution in [3.8, 4) is 6.07 Å². The fourth-order valence-electron chi connectivity index (χ4n) is 1.81. The second-order valence-electron chi connectivity index (χ2n) is 4.06. The van der Waals surface area contributed by atoms with Gasteiger partial charge < -0.3 is 0 Å². The van der Waals surface area contributed by atoms with Crippen molar-refractivity contribution >= 4 is 11.6 Å². The maximum Gasteiger partial charge on any atom is 0.130 e. The highest BCUT2D eigenvalue weighted by Gasteiger charge is 2.17. The standard InChI is InChI=1S/C15H12ClFN2/c16-12-7-4-8-13(17)15(12)14(9-18)19-10-11-5-2-1-3-6-11/h1-8,14,19H,10H2. The number of nitrogens with one attached hydrogen (secondary N) is 1. The van der Waals surface area contributed by atoms with Crippen LogP contribution < -0.4 is 5.32 Å². The number of benzene rings is 2. The zero-order valence-corrected chi connectivity index (χ0v) is 10.9. The smallest absolute Gasteiger partial charge is 0.130 e. The number of rotatable bonds is 4. The summed E-state index contributed by atoms with van der Waals surface area (Å²) in [4.78, 5) is 0. The second-order valence-corrected chi connectivity index (χ2v) is 4.47. The number of hydrogen-bond donors (Lipinski definition) is 1. The van der Waals surface area contributed by atoms with Crippen LogP contribution >= 0.6 is 11.6 Å². The van der Waals surface area contributed by atoms with Gasteiger partial charge in [-0.05, 0) is 17.7 Å². The van der Waals surface area contributed by atoms with Crippen LogP contribution in [-0.4, -0.2) is 0 Å². The molecule has 0 aliphatic heterocycles. The molecule has 1 atom stereocenters. The quantitative estimate of drug-likeness (QED) is 0.920. The summed E-state index contributed by atoms with van der Waals surface area (Å²) in [6, 6.07) is 15.3. The van der Waals surface area contributed by atoms with E-state index in [1.54, 1.807) is 6.07 Å². The lowest BCUT2D eigenvalue weighted by Gasteiger charge is -2.14. The van der Waals surface area contributed by atoms with E-state index in [-0.39, 0.29) is 10.6 Å². The van der Waals surface area contributed by atoms with Gasteiger partial charge in [0.2, 0.25) is 0 Å². The Balaban J connectivity index is 2.16. The minimum atomic E-state index is -0.770. The number of nitrogens with zero attached hydrogens (tertiary/aromatic N) is 1. The molecule has 2 nitrogen and oxygen atoms in total. The SMILES string of the molecule is N#CC(NCc1ccccc1)c1c(F)cccc1Cl. The van der Waals surface area contributed by atoms with Gasteiger partial charge in [0.05, 0.1) is 6.07 Å². The predicted octanol–water partition coefficient (Wildman–Crippen LogP) is 3.83. The lowest BCUT2D eigenvalue weighted by Crippen LogP contribution is -2.20. The first-order chi connectivity index (χ1) is 9.22. The number of nitriles is 1. The molecule has 0 saturated carbocycles. The first-order valence-electron chi connectivity index (χ1n) is 5.83. The fraction of sp³-hybridized carbons (Fsp3) is 0.133. The molecule has 2 aromatic carbocycles. The van der Waals surface area contributed by atoms with Crippen molar-refractivity contribution in [1.82, 2.24) is 5.32 Å². The highest BCUT2D eigenvalue weighted by atomic mass is 35.5. The molecule has 1 N–H and O–H groups in total. The van der Waals surface area contributed by atoms with E-state index in [0.29, 0.717) is 6.54 Å². The minimum Gasteiger partial charge on any atom is -0.294 e. The van der Waals surface area contributed by atoms with E-state index in [9.17, 15) is 4.39 Å². The molecule has 0 spiro atoms. The van der Waals surface area contributed by atoms with Crippen molar-refractivity contribution in [1.29, 1.82) is 5.26 Å². The third-order valence-corrected chi connectivity index (χ3v) is 3.10. The first-order valence-corrected chi connectivity index (χ1v) is 6.21. The molecule has 0 radical (unpaired) electrons. The zero-order chi connectivity index (χ0) is 13.7. The molecule has 96 valence electrons. The molecular formula is C15H12ClFN2. The highest BCUT2D eigenvalue weighted by molar-refractivity contribution is 6.31. The van der Waals surface area contributed by atoms with E-state index < -0.39 is 11.9 Å². The van der Waals surface area contributed by atoms with Gasteiger partial charge in [0.1, 0.15) is 11.9 Å². The lowest BCUT2D eigenvalue weighted by atomic mass is 10.1. The van der Waals surface area contributed by atoms with Crippen LogP contribution in [0, 0.1) is 17.1 Å². The van der Waals surface area contributed by atoms with E-state index >= 15 is 0 Å². The van der Waals surface area contributed by atoms with Crippen LogP contribution in [0.3, 0.4) is 0 Å². The first kappa shape index (κ1) is 13.5. The van der Waals surface area contributed by atoms with Gasteiger partial charge in [-0.25, -0.2) is 4.39 Å². The summed E-state index contributed by atoms with van der Waals surface area (Å²) in [7, 11) is 0. The lowest BCUT2D eigenvalue weighted by molar-refractivity contribution is 0.562. The van der Waals surface area contributed by atoms with Crippen LogP contribution in [0.2, 0.25) is 5.02 Å². The Kier molecular flexibility index (Phi) is 4.51. The third kappa shape index (κ3) is 3.31. The Morgan fingerprint density at radius 3 is 2.53 bits per heavy atom. The largest absolute Gasteiger partial charge is 0.294 e. The van der Waals surface area contributed by atoms with E-state index in [1.165, 1.54) is 12.1 Å². The van der Waals surface area contributed by atoms with E-state index in [1.807, 2.05) is 36.4 Å². The molecule has 0 amide bonds. The molecule has 0 aliphatic rings. The van der Waals surface area contributed by atoms with Crippen molar-refractivity contribution in [3.63, 3.8) is 0 Å². The van der Waals surface area contributed by atoms with Gasteiger partial charge in [-0.15, -0.1) is 0 Å². The second kappa shape index (κ2) is 6.33. The van der Waals surface area contributed by atoms with Gasteiger partial charge in [0, 0.05) is 17.1 Å². The Bertz CT molecular complexity index is 573. The molecule has 0 aromatic heterocycles. The molecule has 0 bridgehead atoms. The number of hydrogen-bond acceptors (Lipinski definition) is 2. The van der Waals surface area contributed by atoms with Crippen molar-refractivity contribution in [2.75, 3.05) is 0 Å². The number of halogens is 2. The molecular weight excluding hydrogens is 263 g/mol. The molecule has 2 rings (SSSR count). The Hall–Kier alpha value is -1.89. The summed E-state index contributed by atoms with van der Waals surface area (Å²) in [5.74, 6) is -0.473. The Morgan fingerprint density at radius 1 is 1.16 bits per heavy atom. The Morgan fingerprint density at radius 2 is 1.89 bits per heavy atom. The molecule has 4 heteroatoms. The van der Waals surface area contributed by atoms with Crippen molar-refractivity contribution < 1.29 is 4.39 Å². The van der Waals surface area contributed by atoms with Gasteiger partial charge in [-0.2, -0.15) is 5.26 Å². The van der Waals surface area contributed by atoms with Crippen LogP contribution in [0.1, 0.15) is 17.2 Å². The molecule has 2 aromatic rings. The maximum atomic E-state index is 13.7. The molecule has 19 heavy (non-hydrogen) atoms. The van der Waals surface area contributed by atoms with E-state index in [0.717, 1.165) is 5.56 Å². The van der Waals surface area contributed by atoms with E-state index in [2.05, 4.69) is 5.32 Å². The minimum absolute atomic E-state index is 0.197. The molecule has 0 saturated heterocycles. The molecule has 1 unspecified atom stereocenters. The monoisotopic (exact) mass is 274 g/mol. The van der Waals surface area contributed by atoms with Crippen LogP contribution in [-0.2, 0) is 6.54 Å². The zero-order valence-electron chi connectivity index (χ0n) is 10.1. The third-order valence-electron chi connectivity index (χ3n) is 2.77. The summed E-state index contributed by atoms with van der Waals surface area (Å²) in [5, 5.41) is 12.4. The van der Waals surface area contributed by atoms with E-state index in [4.69, 9.17) is 16.9 Å². The van der Waals surface area contributed by atoms with Crippen LogP contribution in [0.25, 0.3) is 0 Å². The molecule has 0 aliphatic carbocycles. The van der Waals surface area contributed by atoms with Crippen LogP contribution in [0.4, 0.5) is 4.39 Å². The van der Waals surface area contributed by atoms with Crippen LogP contribution in [0.5, 0.6) is 0 Å². The normalized spacial score (nSPS) is 11.8. The van der Waals surface area contributed by atoms with Gasteiger partial charge in [-0.3, -0.25) is 5.32 Å². The summed E-state index contributed by atoms with van der Waals surface area (Å²) in [6.45, 7) is 0.476. The summed E-state index contributed by atoms with van der Waals surface area (Å²) in [5.41, 5.74) is 1.22. The average Bonchev–Trinajstić information content (AvgIpc) is 2.43.